The lowest BCUT2D eigenvalue weighted by molar-refractivity contribution is -0.117. The van der Waals surface area contributed by atoms with Gasteiger partial charge < -0.3 is 10.6 Å². The Hall–Kier alpha value is -1.29. The molecule has 2 N–H and O–H groups in total. The van der Waals surface area contributed by atoms with E-state index < -0.39 is 0 Å². The Balaban J connectivity index is 2.15. The number of unbranched alkanes of at least 4 members (excludes halogenated alkanes) is 1. The minimum Gasteiger partial charge on any atom is -0.357 e. The van der Waals surface area contributed by atoms with Gasteiger partial charge in [-0.05, 0) is 12.5 Å². The summed E-state index contributed by atoms with van der Waals surface area (Å²) >= 11 is 5.80. The van der Waals surface area contributed by atoms with Gasteiger partial charge in [0.1, 0.15) is 6.04 Å². The molecule has 1 unspecified atom stereocenters. The molecule has 4 nitrogen and oxygen atoms in total. The molecular formula is C11H14ClN3O. The molecule has 1 aliphatic heterocycles. The number of hydrogen-bond donors (Lipinski definition) is 2. The van der Waals surface area contributed by atoms with Gasteiger partial charge in [-0.2, -0.15) is 0 Å². The summed E-state index contributed by atoms with van der Waals surface area (Å²) in [7, 11) is 0. The van der Waals surface area contributed by atoms with Crippen molar-refractivity contribution in [3.05, 3.63) is 17.3 Å². The Morgan fingerprint density at radius 1 is 1.56 bits per heavy atom. The van der Waals surface area contributed by atoms with Gasteiger partial charge in [-0.1, -0.05) is 31.4 Å². The number of fused-ring (bicyclic) bond motifs is 1. The summed E-state index contributed by atoms with van der Waals surface area (Å²) in [6, 6.07) is 1.52. The molecule has 2 rings (SSSR count). The summed E-state index contributed by atoms with van der Waals surface area (Å²) < 4.78 is 0. The number of hydrogen-bond acceptors (Lipinski definition) is 3. The van der Waals surface area contributed by atoms with Crippen molar-refractivity contribution < 1.29 is 4.79 Å². The van der Waals surface area contributed by atoms with E-state index in [1.807, 2.05) is 0 Å². The number of pyridine rings is 1. The monoisotopic (exact) mass is 239 g/mol. The van der Waals surface area contributed by atoms with Crippen molar-refractivity contribution in [3.63, 3.8) is 0 Å². The smallest absolute Gasteiger partial charge is 0.247 e. The fourth-order valence-corrected chi connectivity index (χ4v) is 1.87. The second-order valence-corrected chi connectivity index (χ2v) is 4.31. The molecule has 5 heteroatoms. The van der Waals surface area contributed by atoms with Crippen molar-refractivity contribution in [1.82, 2.24) is 4.98 Å². The molecule has 0 aliphatic carbocycles. The first-order valence-corrected chi connectivity index (χ1v) is 5.81. The van der Waals surface area contributed by atoms with Gasteiger partial charge in [0.25, 0.3) is 0 Å². The zero-order valence-electron chi connectivity index (χ0n) is 9.09. The van der Waals surface area contributed by atoms with Crippen LogP contribution in [0.2, 0.25) is 5.02 Å². The van der Waals surface area contributed by atoms with Gasteiger partial charge in [-0.3, -0.25) is 4.79 Å². The van der Waals surface area contributed by atoms with Crippen LogP contribution in [-0.4, -0.2) is 16.9 Å². The van der Waals surface area contributed by atoms with Crippen molar-refractivity contribution in [2.24, 2.45) is 0 Å². The van der Waals surface area contributed by atoms with Gasteiger partial charge in [-0.25, -0.2) is 4.98 Å². The molecule has 0 saturated carbocycles. The molecule has 0 radical (unpaired) electrons. The molecule has 0 bridgehead atoms. The average molecular weight is 240 g/mol. The number of halogens is 1. The van der Waals surface area contributed by atoms with E-state index in [0.717, 1.165) is 19.3 Å². The Morgan fingerprint density at radius 2 is 2.38 bits per heavy atom. The lowest BCUT2D eigenvalue weighted by atomic mass is 10.1. The molecule has 0 aromatic carbocycles. The minimum atomic E-state index is -0.180. The van der Waals surface area contributed by atoms with Gasteiger partial charge in [0.2, 0.25) is 5.91 Å². The third-order valence-corrected chi connectivity index (χ3v) is 2.79. The number of nitrogens with zero attached hydrogens (tertiary/aromatic N) is 1. The Bertz CT molecular complexity index is 408. The number of anilines is 2. The van der Waals surface area contributed by atoms with Crippen LogP contribution < -0.4 is 10.6 Å². The Kier molecular flexibility index (Phi) is 3.29. The van der Waals surface area contributed by atoms with Gasteiger partial charge in [-0.15, -0.1) is 0 Å². The molecule has 1 aromatic heterocycles. The molecule has 0 spiro atoms. The van der Waals surface area contributed by atoms with Crippen molar-refractivity contribution in [2.75, 3.05) is 10.6 Å². The zero-order valence-corrected chi connectivity index (χ0v) is 9.84. The van der Waals surface area contributed by atoms with Crippen LogP contribution in [0.4, 0.5) is 11.5 Å². The molecule has 0 saturated heterocycles. The van der Waals surface area contributed by atoms with E-state index in [1.165, 1.54) is 0 Å². The Morgan fingerprint density at radius 3 is 3.12 bits per heavy atom. The highest BCUT2D eigenvalue weighted by Crippen LogP contribution is 2.27. The predicted molar refractivity (Wildman–Crippen MR) is 64.8 cm³/mol. The fourth-order valence-electron chi connectivity index (χ4n) is 1.71. The predicted octanol–water partition coefficient (Wildman–Crippen LogP) is 2.66. The lowest BCUT2D eigenvalue weighted by Crippen LogP contribution is -2.39. The number of carbonyl (C=O) groups is 1. The van der Waals surface area contributed by atoms with E-state index in [1.54, 1.807) is 12.3 Å². The second-order valence-electron chi connectivity index (χ2n) is 3.88. The highest BCUT2D eigenvalue weighted by molar-refractivity contribution is 6.31. The first-order chi connectivity index (χ1) is 7.70. The quantitative estimate of drug-likeness (QED) is 0.853. The van der Waals surface area contributed by atoms with Crippen molar-refractivity contribution in [1.29, 1.82) is 0 Å². The van der Waals surface area contributed by atoms with E-state index in [0.29, 0.717) is 16.5 Å². The van der Waals surface area contributed by atoms with Crippen LogP contribution in [0.3, 0.4) is 0 Å². The van der Waals surface area contributed by atoms with Crippen molar-refractivity contribution in [3.8, 4) is 0 Å². The highest BCUT2D eigenvalue weighted by Gasteiger charge is 2.25. The number of nitrogens with one attached hydrogen (secondary N) is 2. The maximum Gasteiger partial charge on any atom is 0.247 e. The first kappa shape index (κ1) is 11.2. The molecule has 86 valence electrons. The number of carbonyl (C=O) groups excluding carboxylic acids is 1. The largest absolute Gasteiger partial charge is 0.357 e. The third-order valence-electron chi connectivity index (χ3n) is 2.59. The molecule has 2 heterocycles. The summed E-state index contributed by atoms with van der Waals surface area (Å²) in [4.78, 5) is 15.9. The van der Waals surface area contributed by atoms with Crippen LogP contribution in [0, 0.1) is 0 Å². The molecule has 1 amide bonds. The standard InChI is InChI=1S/C11H14ClN3O/c1-2-3-4-8-11(16)15-9-5-7(12)6-13-10(9)14-8/h5-6,8H,2-4H2,1H3,(H,13,14)(H,15,16). The SMILES string of the molecule is CCCCC1Nc2ncc(Cl)cc2NC1=O. The van der Waals surface area contributed by atoms with Crippen LogP contribution in [0.1, 0.15) is 26.2 Å². The van der Waals surface area contributed by atoms with E-state index in [2.05, 4.69) is 22.5 Å². The summed E-state index contributed by atoms with van der Waals surface area (Å²) in [5.74, 6) is 0.690. The summed E-state index contributed by atoms with van der Waals surface area (Å²) in [6.07, 6.45) is 4.49. The highest BCUT2D eigenvalue weighted by atomic mass is 35.5. The number of amides is 1. The molecule has 16 heavy (non-hydrogen) atoms. The first-order valence-electron chi connectivity index (χ1n) is 5.43. The van der Waals surface area contributed by atoms with Crippen LogP contribution >= 0.6 is 11.6 Å². The lowest BCUT2D eigenvalue weighted by Gasteiger charge is -2.25. The van der Waals surface area contributed by atoms with Crippen LogP contribution in [0.5, 0.6) is 0 Å². The van der Waals surface area contributed by atoms with E-state index in [4.69, 9.17) is 11.6 Å². The van der Waals surface area contributed by atoms with Crippen LogP contribution in [-0.2, 0) is 4.79 Å². The number of rotatable bonds is 3. The van der Waals surface area contributed by atoms with Gasteiger partial charge in [0.15, 0.2) is 5.82 Å². The van der Waals surface area contributed by atoms with Gasteiger partial charge in [0.05, 0.1) is 10.7 Å². The van der Waals surface area contributed by atoms with Crippen molar-refractivity contribution >= 4 is 29.0 Å². The van der Waals surface area contributed by atoms with Crippen molar-refractivity contribution in [2.45, 2.75) is 32.2 Å². The third kappa shape index (κ3) is 2.27. The molecule has 1 aliphatic rings. The summed E-state index contributed by atoms with van der Waals surface area (Å²) in [5.41, 5.74) is 0.658. The van der Waals surface area contributed by atoms with Crippen LogP contribution in [0.25, 0.3) is 0 Å². The average Bonchev–Trinajstić information content (AvgIpc) is 2.26. The fraction of sp³-hybridized carbons (Fsp3) is 0.455. The topological polar surface area (TPSA) is 54.0 Å². The van der Waals surface area contributed by atoms with Crippen LogP contribution in [0.15, 0.2) is 12.3 Å². The maximum absolute atomic E-state index is 11.7. The van der Waals surface area contributed by atoms with Gasteiger partial charge >= 0.3 is 0 Å². The van der Waals surface area contributed by atoms with Gasteiger partial charge in [0, 0.05) is 6.20 Å². The maximum atomic E-state index is 11.7. The van der Waals surface area contributed by atoms with E-state index >= 15 is 0 Å². The normalized spacial score (nSPS) is 18.6. The zero-order chi connectivity index (χ0) is 11.5. The second kappa shape index (κ2) is 4.70. The summed E-state index contributed by atoms with van der Waals surface area (Å²) in [5, 5.41) is 6.46. The molecule has 1 atom stereocenters. The summed E-state index contributed by atoms with van der Waals surface area (Å²) in [6.45, 7) is 2.10. The number of aromatic nitrogens is 1. The molecule has 0 fully saturated rings. The molecule has 1 aromatic rings. The molecular weight excluding hydrogens is 226 g/mol. The van der Waals surface area contributed by atoms with E-state index in [9.17, 15) is 4.79 Å². The van der Waals surface area contributed by atoms with E-state index in [-0.39, 0.29) is 11.9 Å². The Labute approximate surface area is 99.4 Å². The minimum absolute atomic E-state index is 0.00924.